The Labute approximate surface area is 63.5 Å². The highest BCUT2D eigenvalue weighted by atomic mass is 16.4. The van der Waals surface area contributed by atoms with Crippen LogP contribution in [0.15, 0.2) is 18.2 Å². The van der Waals surface area contributed by atoms with E-state index < -0.39 is 12.9 Å². The molecule has 0 amide bonds. The van der Waals surface area contributed by atoms with Gasteiger partial charge in [0.15, 0.2) is 11.5 Å². The molecule has 0 saturated heterocycles. The van der Waals surface area contributed by atoms with Crippen LogP contribution in [-0.4, -0.2) is 27.4 Å². The van der Waals surface area contributed by atoms with E-state index in [0.717, 1.165) is 0 Å². The predicted molar refractivity (Wildman–Crippen MR) is 39.6 cm³/mol. The maximum absolute atomic E-state index is 9.00. The fourth-order valence-corrected chi connectivity index (χ4v) is 0.757. The first-order chi connectivity index (χ1) is 5.13. The van der Waals surface area contributed by atoms with Crippen LogP contribution in [0.4, 0.5) is 0 Å². The van der Waals surface area contributed by atoms with Crippen LogP contribution in [0.25, 0.3) is 0 Å². The molecule has 0 spiro atoms. The summed E-state index contributed by atoms with van der Waals surface area (Å²) in [7, 11) is -1.76. The van der Waals surface area contributed by atoms with Gasteiger partial charge in [-0.25, -0.2) is 0 Å². The Hall–Kier alpha value is -1.20. The van der Waals surface area contributed by atoms with Crippen LogP contribution in [0.2, 0.25) is 0 Å². The minimum atomic E-state index is -1.76. The smallest absolute Gasteiger partial charge is 0.492 e. The minimum absolute atomic E-state index is 0.106. The second kappa shape index (κ2) is 2.81. The molecule has 0 aromatic heterocycles. The van der Waals surface area contributed by atoms with Gasteiger partial charge in [-0.1, -0.05) is 12.1 Å². The number of para-hydroxylation sites is 1. The number of phenolic OH excluding ortho intramolecular Hbond substituents is 2. The summed E-state index contributed by atoms with van der Waals surface area (Å²) in [6, 6.07) is 3.96. The van der Waals surface area contributed by atoms with E-state index in [2.05, 4.69) is 0 Å². The first-order valence-electron chi connectivity index (χ1n) is 3.00. The Bertz CT molecular complexity index is 261. The van der Waals surface area contributed by atoms with E-state index in [1.54, 1.807) is 0 Å². The van der Waals surface area contributed by atoms with Gasteiger partial charge in [0.1, 0.15) is 0 Å². The fraction of sp³-hybridized carbons (Fsp3) is 0. The molecule has 0 fully saturated rings. The molecule has 0 radical (unpaired) electrons. The van der Waals surface area contributed by atoms with Gasteiger partial charge in [-0.15, -0.1) is 0 Å². The van der Waals surface area contributed by atoms with E-state index in [1.807, 2.05) is 0 Å². The molecule has 4 nitrogen and oxygen atoms in total. The molecular formula is C6H7BO4. The molecule has 4 N–H and O–H groups in total. The zero-order valence-electron chi connectivity index (χ0n) is 5.60. The van der Waals surface area contributed by atoms with E-state index in [-0.39, 0.29) is 11.2 Å². The summed E-state index contributed by atoms with van der Waals surface area (Å²) in [6.45, 7) is 0. The van der Waals surface area contributed by atoms with E-state index in [1.165, 1.54) is 18.2 Å². The van der Waals surface area contributed by atoms with Crippen LogP contribution in [0.5, 0.6) is 11.5 Å². The van der Waals surface area contributed by atoms with E-state index in [4.69, 9.17) is 20.3 Å². The number of aromatic hydroxyl groups is 2. The maximum atomic E-state index is 9.00. The quantitative estimate of drug-likeness (QED) is 0.301. The maximum Gasteiger partial charge on any atom is 0.492 e. The molecule has 0 bridgehead atoms. The van der Waals surface area contributed by atoms with Crippen molar-refractivity contribution in [3.05, 3.63) is 18.2 Å². The number of hydrogen-bond acceptors (Lipinski definition) is 4. The molecule has 1 aromatic carbocycles. The van der Waals surface area contributed by atoms with Crippen LogP contribution in [0, 0.1) is 0 Å². The van der Waals surface area contributed by atoms with Gasteiger partial charge in [0, 0.05) is 5.46 Å². The average Bonchev–Trinajstić information content (AvgIpc) is 1.94. The van der Waals surface area contributed by atoms with Crippen LogP contribution >= 0.6 is 0 Å². The van der Waals surface area contributed by atoms with Gasteiger partial charge in [-0.05, 0) is 6.07 Å². The molecular weight excluding hydrogens is 147 g/mol. The van der Waals surface area contributed by atoms with Crippen LogP contribution < -0.4 is 5.46 Å². The standard InChI is InChI=1S/C6H7BO4/c8-5-3-1-2-4(6(5)9)7(10)11/h1-3,8-11H. The van der Waals surface area contributed by atoms with E-state index in [9.17, 15) is 0 Å². The Morgan fingerprint density at radius 2 is 1.73 bits per heavy atom. The monoisotopic (exact) mass is 154 g/mol. The normalized spacial score (nSPS) is 9.64. The predicted octanol–water partition coefficient (Wildman–Crippen LogP) is -1.22. The molecule has 1 rings (SSSR count). The summed E-state index contributed by atoms with van der Waals surface area (Å²) in [6.07, 6.45) is 0. The second-order valence-electron chi connectivity index (χ2n) is 2.09. The van der Waals surface area contributed by atoms with Crippen molar-refractivity contribution in [3.63, 3.8) is 0 Å². The van der Waals surface area contributed by atoms with Crippen molar-refractivity contribution >= 4 is 12.6 Å². The van der Waals surface area contributed by atoms with Gasteiger partial charge >= 0.3 is 7.12 Å². The van der Waals surface area contributed by atoms with Gasteiger partial charge in [-0.2, -0.15) is 0 Å². The summed E-state index contributed by atoms with van der Waals surface area (Å²) in [5.74, 6) is -0.863. The van der Waals surface area contributed by atoms with E-state index in [0.29, 0.717) is 0 Å². The van der Waals surface area contributed by atoms with Crippen LogP contribution in [-0.2, 0) is 0 Å². The van der Waals surface area contributed by atoms with Gasteiger partial charge in [0.25, 0.3) is 0 Å². The van der Waals surface area contributed by atoms with Crippen molar-refractivity contribution < 1.29 is 20.3 Å². The first kappa shape index (κ1) is 7.91. The van der Waals surface area contributed by atoms with E-state index >= 15 is 0 Å². The van der Waals surface area contributed by atoms with Crippen LogP contribution in [0.1, 0.15) is 0 Å². The van der Waals surface area contributed by atoms with Crippen molar-refractivity contribution in [3.8, 4) is 11.5 Å². The molecule has 1 aromatic rings. The summed E-state index contributed by atoms with van der Waals surface area (Å²) >= 11 is 0. The third kappa shape index (κ3) is 1.44. The molecule has 0 saturated carbocycles. The zero-order chi connectivity index (χ0) is 8.43. The highest BCUT2D eigenvalue weighted by molar-refractivity contribution is 6.59. The first-order valence-corrected chi connectivity index (χ1v) is 3.00. The lowest BCUT2D eigenvalue weighted by Gasteiger charge is -2.03. The minimum Gasteiger partial charge on any atom is -0.505 e. The number of benzene rings is 1. The van der Waals surface area contributed by atoms with Crippen molar-refractivity contribution in [1.82, 2.24) is 0 Å². The van der Waals surface area contributed by atoms with Crippen molar-refractivity contribution in [2.75, 3.05) is 0 Å². The molecule has 0 heterocycles. The lowest BCUT2D eigenvalue weighted by molar-refractivity contribution is 0.396. The molecule has 11 heavy (non-hydrogen) atoms. The third-order valence-corrected chi connectivity index (χ3v) is 1.32. The van der Waals surface area contributed by atoms with Crippen LogP contribution in [0.3, 0.4) is 0 Å². The van der Waals surface area contributed by atoms with Gasteiger partial charge in [0.05, 0.1) is 0 Å². The molecule has 0 aliphatic heterocycles. The third-order valence-electron chi connectivity index (χ3n) is 1.32. The van der Waals surface area contributed by atoms with Gasteiger partial charge < -0.3 is 20.3 Å². The largest absolute Gasteiger partial charge is 0.505 e. The molecule has 58 valence electrons. The lowest BCUT2D eigenvalue weighted by atomic mass is 9.79. The molecule has 0 aliphatic rings. The van der Waals surface area contributed by atoms with Crippen molar-refractivity contribution in [1.29, 1.82) is 0 Å². The Balaban J connectivity index is 3.17. The molecule has 0 aliphatic carbocycles. The number of hydrogen-bond donors (Lipinski definition) is 4. The Kier molecular flexibility index (Phi) is 2.02. The molecule has 0 unspecified atom stereocenters. The summed E-state index contributed by atoms with van der Waals surface area (Å²) in [5.41, 5.74) is -0.106. The SMILES string of the molecule is OB(O)c1cccc(O)c1O. The molecule has 0 atom stereocenters. The average molecular weight is 154 g/mol. The Morgan fingerprint density at radius 3 is 2.18 bits per heavy atom. The van der Waals surface area contributed by atoms with Gasteiger partial charge in [0.2, 0.25) is 0 Å². The van der Waals surface area contributed by atoms with Crippen molar-refractivity contribution in [2.24, 2.45) is 0 Å². The fourth-order valence-electron chi connectivity index (χ4n) is 0.757. The van der Waals surface area contributed by atoms with Crippen molar-refractivity contribution in [2.45, 2.75) is 0 Å². The zero-order valence-corrected chi connectivity index (χ0v) is 5.60. The van der Waals surface area contributed by atoms with Gasteiger partial charge in [-0.3, -0.25) is 0 Å². The number of rotatable bonds is 1. The highest BCUT2D eigenvalue weighted by Gasteiger charge is 2.17. The summed E-state index contributed by atoms with van der Waals surface area (Å²) < 4.78 is 0. The number of phenols is 2. The lowest BCUT2D eigenvalue weighted by Crippen LogP contribution is -2.29. The molecule has 5 heteroatoms. The summed E-state index contributed by atoms with van der Waals surface area (Å²) in [4.78, 5) is 0. The second-order valence-corrected chi connectivity index (χ2v) is 2.09. The Morgan fingerprint density at radius 1 is 1.09 bits per heavy atom. The highest BCUT2D eigenvalue weighted by Crippen LogP contribution is 2.20. The summed E-state index contributed by atoms with van der Waals surface area (Å²) in [5, 5.41) is 35.1. The topological polar surface area (TPSA) is 80.9 Å².